The largest absolute Gasteiger partial charge is 0.326 e. The Morgan fingerprint density at radius 2 is 1.57 bits per heavy atom. The molecule has 4 rings (SSSR count). The highest BCUT2D eigenvalue weighted by Gasteiger charge is 2.10. The third kappa shape index (κ3) is 3.56. The van der Waals surface area contributed by atoms with Crippen molar-refractivity contribution in [3.63, 3.8) is 0 Å². The molecule has 0 spiro atoms. The number of rotatable bonds is 4. The number of anilines is 2. The number of fused-ring (bicyclic) bond motifs is 1. The summed E-state index contributed by atoms with van der Waals surface area (Å²) in [5, 5.41) is 13.7. The Bertz CT molecular complexity index is 1150. The number of hydrogen-bond acceptors (Lipinski definition) is 5. The number of nitrogens with zero attached hydrogens (tertiary/aromatic N) is 4. The summed E-state index contributed by atoms with van der Waals surface area (Å²) in [5.41, 5.74) is 2.65. The van der Waals surface area contributed by atoms with E-state index in [0.29, 0.717) is 28.5 Å². The van der Waals surface area contributed by atoms with Crippen LogP contribution < -0.4 is 10.6 Å². The molecule has 28 heavy (non-hydrogen) atoms. The van der Waals surface area contributed by atoms with E-state index in [4.69, 9.17) is 0 Å². The van der Waals surface area contributed by atoms with Crippen molar-refractivity contribution in [2.24, 2.45) is 0 Å². The Morgan fingerprint density at radius 1 is 0.893 bits per heavy atom. The molecular formula is C20H16N6O2. The van der Waals surface area contributed by atoms with Gasteiger partial charge in [0.2, 0.25) is 5.91 Å². The van der Waals surface area contributed by atoms with Gasteiger partial charge < -0.3 is 10.6 Å². The molecule has 2 aromatic heterocycles. The van der Waals surface area contributed by atoms with Gasteiger partial charge in [-0.1, -0.05) is 12.1 Å². The molecule has 2 amide bonds. The quantitative estimate of drug-likeness (QED) is 0.573. The summed E-state index contributed by atoms with van der Waals surface area (Å²) in [7, 11) is 0. The zero-order valence-corrected chi connectivity index (χ0v) is 15.0. The molecule has 0 saturated carbocycles. The Balaban J connectivity index is 1.49. The van der Waals surface area contributed by atoms with Gasteiger partial charge in [0.1, 0.15) is 0 Å². The minimum absolute atomic E-state index is 0.145. The second kappa shape index (κ2) is 7.28. The molecule has 0 saturated heterocycles. The van der Waals surface area contributed by atoms with Gasteiger partial charge in [-0.15, -0.1) is 10.2 Å². The van der Waals surface area contributed by atoms with E-state index in [0.717, 1.165) is 5.56 Å². The van der Waals surface area contributed by atoms with E-state index < -0.39 is 0 Å². The predicted octanol–water partition coefficient (Wildman–Crippen LogP) is 3.00. The lowest BCUT2D eigenvalue weighted by Crippen LogP contribution is -2.12. The molecule has 0 aliphatic rings. The maximum absolute atomic E-state index is 12.5. The van der Waals surface area contributed by atoms with E-state index in [1.54, 1.807) is 53.1 Å². The smallest absolute Gasteiger partial charge is 0.255 e. The first-order valence-electron chi connectivity index (χ1n) is 8.55. The van der Waals surface area contributed by atoms with E-state index >= 15 is 0 Å². The van der Waals surface area contributed by atoms with Crippen LogP contribution in [0.5, 0.6) is 0 Å². The standard InChI is InChI=1S/C20H16N6O2/c1-13(27)22-16-7-9-17(10-8-16)23-19(28)15-5-3-14(4-6-15)18-24-25-20-21-11-2-12-26(18)20/h2-12H,1H3,(H,22,27)(H,23,28). The van der Waals surface area contributed by atoms with Crippen LogP contribution in [0.25, 0.3) is 17.2 Å². The predicted molar refractivity (Wildman–Crippen MR) is 105 cm³/mol. The summed E-state index contributed by atoms with van der Waals surface area (Å²) in [6, 6.07) is 15.8. The number of benzene rings is 2. The third-order valence-electron chi connectivity index (χ3n) is 4.06. The first-order valence-corrected chi connectivity index (χ1v) is 8.55. The van der Waals surface area contributed by atoms with Gasteiger partial charge in [-0.2, -0.15) is 0 Å². The molecule has 2 N–H and O–H groups in total. The van der Waals surface area contributed by atoms with Crippen LogP contribution in [0.1, 0.15) is 17.3 Å². The number of aromatic nitrogens is 4. The Kier molecular flexibility index (Phi) is 4.51. The average Bonchev–Trinajstić information content (AvgIpc) is 3.13. The Hall–Kier alpha value is -4.07. The average molecular weight is 372 g/mol. The minimum atomic E-state index is -0.230. The molecule has 8 nitrogen and oxygen atoms in total. The number of carbonyl (C=O) groups is 2. The molecule has 0 radical (unpaired) electrons. The number of nitrogens with one attached hydrogen (secondary N) is 2. The molecule has 8 heteroatoms. The first kappa shape index (κ1) is 17.3. The third-order valence-corrected chi connectivity index (χ3v) is 4.06. The molecule has 0 fully saturated rings. The summed E-state index contributed by atoms with van der Waals surface area (Å²) in [6.45, 7) is 1.44. The van der Waals surface area contributed by atoms with Crippen molar-refractivity contribution in [2.75, 3.05) is 10.6 Å². The lowest BCUT2D eigenvalue weighted by Gasteiger charge is -2.07. The van der Waals surface area contributed by atoms with E-state index in [-0.39, 0.29) is 11.8 Å². The molecule has 138 valence electrons. The molecule has 0 unspecified atom stereocenters. The summed E-state index contributed by atoms with van der Waals surface area (Å²) in [5.74, 6) is 0.797. The fraction of sp³-hybridized carbons (Fsp3) is 0.0500. The van der Waals surface area contributed by atoms with Crippen molar-refractivity contribution in [3.05, 3.63) is 72.6 Å². The second-order valence-electron chi connectivity index (χ2n) is 6.10. The normalized spacial score (nSPS) is 10.6. The summed E-state index contributed by atoms with van der Waals surface area (Å²) in [4.78, 5) is 27.7. The summed E-state index contributed by atoms with van der Waals surface area (Å²) in [6.07, 6.45) is 3.49. The van der Waals surface area contributed by atoms with Crippen LogP contribution in [0.3, 0.4) is 0 Å². The van der Waals surface area contributed by atoms with Crippen LogP contribution in [-0.2, 0) is 4.79 Å². The van der Waals surface area contributed by atoms with Crippen LogP contribution in [-0.4, -0.2) is 31.4 Å². The van der Waals surface area contributed by atoms with Gasteiger partial charge in [0, 0.05) is 41.8 Å². The van der Waals surface area contributed by atoms with E-state index in [1.807, 2.05) is 18.3 Å². The molecule has 2 aromatic carbocycles. The van der Waals surface area contributed by atoms with Gasteiger partial charge >= 0.3 is 0 Å². The molecule has 0 atom stereocenters. The zero-order valence-electron chi connectivity index (χ0n) is 15.0. The highest BCUT2D eigenvalue weighted by atomic mass is 16.2. The van der Waals surface area contributed by atoms with Gasteiger partial charge in [-0.05, 0) is 42.5 Å². The highest BCUT2D eigenvalue weighted by Crippen LogP contribution is 2.19. The molecular weight excluding hydrogens is 356 g/mol. The number of carbonyl (C=O) groups excluding carboxylic acids is 2. The monoisotopic (exact) mass is 372 g/mol. The number of hydrogen-bond donors (Lipinski definition) is 2. The molecule has 0 aliphatic carbocycles. The topological polar surface area (TPSA) is 101 Å². The van der Waals surface area contributed by atoms with Crippen molar-refractivity contribution in [1.29, 1.82) is 0 Å². The van der Waals surface area contributed by atoms with Crippen molar-refractivity contribution >= 4 is 29.0 Å². The maximum Gasteiger partial charge on any atom is 0.255 e. The van der Waals surface area contributed by atoms with Crippen LogP contribution in [0.4, 0.5) is 11.4 Å². The maximum atomic E-state index is 12.5. The Morgan fingerprint density at radius 3 is 2.25 bits per heavy atom. The lowest BCUT2D eigenvalue weighted by molar-refractivity contribution is -0.114. The van der Waals surface area contributed by atoms with Crippen molar-refractivity contribution < 1.29 is 9.59 Å². The van der Waals surface area contributed by atoms with E-state index in [9.17, 15) is 9.59 Å². The fourth-order valence-corrected chi connectivity index (χ4v) is 2.75. The summed E-state index contributed by atoms with van der Waals surface area (Å²) >= 11 is 0. The fourth-order valence-electron chi connectivity index (χ4n) is 2.75. The van der Waals surface area contributed by atoms with E-state index in [1.165, 1.54) is 6.92 Å². The van der Waals surface area contributed by atoms with Gasteiger partial charge in [0.05, 0.1) is 0 Å². The van der Waals surface area contributed by atoms with Crippen LogP contribution in [0, 0.1) is 0 Å². The SMILES string of the molecule is CC(=O)Nc1ccc(NC(=O)c2ccc(-c3nnc4ncccn34)cc2)cc1. The van der Waals surface area contributed by atoms with Gasteiger partial charge in [0.25, 0.3) is 11.7 Å². The van der Waals surface area contributed by atoms with Crippen LogP contribution >= 0.6 is 0 Å². The molecule has 0 bridgehead atoms. The van der Waals surface area contributed by atoms with Crippen molar-refractivity contribution in [1.82, 2.24) is 19.6 Å². The molecule has 4 aromatic rings. The zero-order chi connectivity index (χ0) is 19.5. The summed E-state index contributed by atoms with van der Waals surface area (Å²) < 4.78 is 1.78. The first-order chi connectivity index (χ1) is 13.6. The minimum Gasteiger partial charge on any atom is -0.326 e. The molecule has 0 aliphatic heterocycles. The van der Waals surface area contributed by atoms with Crippen molar-refractivity contribution in [3.8, 4) is 11.4 Å². The van der Waals surface area contributed by atoms with Crippen LogP contribution in [0.15, 0.2) is 67.0 Å². The van der Waals surface area contributed by atoms with Gasteiger partial charge in [-0.25, -0.2) is 4.98 Å². The lowest BCUT2D eigenvalue weighted by atomic mass is 10.1. The van der Waals surface area contributed by atoms with E-state index in [2.05, 4.69) is 25.8 Å². The van der Waals surface area contributed by atoms with Crippen molar-refractivity contribution in [2.45, 2.75) is 6.92 Å². The van der Waals surface area contributed by atoms with Gasteiger partial charge in [-0.3, -0.25) is 14.0 Å². The van der Waals surface area contributed by atoms with Crippen LogP contribution in [0.2, 0.25) is 0 Å². The molecule has 2 heterocycles. The number of amides is 2. The second-order valence-corrected chi connectivity index (χ2v) is 6.10. The highest BCUT2D eigenvalue weighted by molar-refractivity contribution is 6.04. The Labute approximate surface area is 160 Å². The van der Waals surface area contributed by atoms with Gasteiger partial charge in [0.15, 0.2) is 5.82 Å².